The molecule has 0 spiro atoms. The minimum absolute atomic E-state index is 0.247. The van der Waals surface area contributed by atoms with E-state index in [1.165, 1.54) is 0 Å². The van der Waals surface area contributed by atoms with Crippen LogP contribution in [0.2, 0.25) is 0 Å². The Hall–Kier alpha value is -1.88. The summed E-state index contributed by atoms with van der Waals surface area (Å²) in [5.74, 6) is -0.261. The maximum atomic E-state index is 12.3. The van der Waals surface area contributed by atoms with Crippen molar-refractivity contribution in [3.63, 3.8) is 0 Å². The van der Waals surface area contributed by atoms with Gasteiger partial charge in [-0.15, -0.1) is 0 Å². The molecular weight excluding hydrogens is 340 g/mol. The van der Waals surface area contributed by atoms with Crippen molar-refractivity contribution in [2.24, 2.45) is 0 Å². The standard InChI is InChI=1S/C18H26N2O3.2C2H6/c1-5-11(2)17-12(3)7-6-8-14(17)20(13(4)21)15-9-10-16(22)19-18(15)23;2*1-2/h6-8,11,13,15,21H,5,9-10H2,1-4H3,(H,19,22,23);2*1-2H3. The molecule has 1 fully saturated rings. The first kappa shape index (κ1) is 25.1. The van der Waals surface area contributed by atoms with Gasteiger partial charge in [0.2, 0.25) is 11.8 Å². The van der Waals surface area contributed by atoms with Crippen molar-refractivity contribution < 1.29 is 14.7 Å². The lowest BCUT2D eigenvalue weighted by molar-refractivity contribution is -0.134. The first-order valence-electron chi connectivity index (χ1n) is 10.3. The first-order valence-corrected chi connectivity index (χ1v) is 10.3. The molecule has 1 saturated heterocycles. The average molecular weight is 379 g/mol. The monoisotopic (exact) mass is 378 g/mol. The highest BCUT2D eigenvalue weighted by Gasteiger charge is 2.35. The number of rotatable bonds is 5. The van der Waals surface area contributed by atoms with E-state index in [0.29, 0.717) is 18.8 Å². The number of piperidine rings is 1. The van der Waals surface area contributed by atoms with Crippen LogP contribution in [0.4, 0.5) is 5.69 Å². The third kappa shape index (κ3) is 6.35. The van der Waals surface area contributed by atoms with Gasteiger partial charge in [0.15, 0.2) is 0 Å². The zero-order valence-corrected chi connectivity index (χ0v) is 18.3. The number of nitrogens with zero attached hydrogens (tertiary/aromatic N) is 1. The number of aliphatic hydroxyl groups is 1. The lowest BCUT2D eigenvalue weighted by Gasteiger charge is -2.38. The van der Waals surface area contributed by atoms with Gasteiger partial charge in [-0.05, 0) is 49.8 Å². The van der Waals surface area contributed by atoms with Gasteiger partial charge in [-0.1, -0.05) is 53.7 Å². The van der Waals surface area contributed by atoms with Crippen LogP contribution in [-0.4, -0.2) is 29.2 Å². The zero-order valence-electron chi connectivity index (χ0n) is 18.3. The number of carbonyl (C=O) groups is 2. The van der Waals surface area contributed by atoms with Gasteiger partial charge in [-0.3, -0.25) is 14.9 Å². The normalized spacial score (nSPS) is 18.2. The fourth-order valence-corrected chi connectivity index (χ4v) is 3.31. The highest BCUT2D eigenvalue weighted by molar-refractivity contribution is 6.01. The van der Waals surface area contributed by atoms with E-state index in [4.69, 9.17) is 0 Å². The third-order valence-electron chi connectivity index (χ3n) is 4.63. The first-order chi connectivity index (χ1) is 12.9. The Morgan fingerprint density at radius 1 is 1.19 bits per heavy atom. The quantitative estimate of drug-likeness (QED) is 0.584. The molecule has 0 aromatic heterocycles. The number of imide groups is 1. The van der Waals surface area contributed by atoms with E-state index in [1.807, 2.05) is 39.8 Å². The minimum Gasteiger partial charge on any atom is -0.374 e. The number of carbonyl (C=O) groups excluding carboxylic acids is 2. The maximum absolute atomic E-state index is 12.3. The van der Waals surface area contributed by atoms with Crippen molar-refractivity contribution in [3.8, 4) is 0 Å². The van der Waals surface area contributed by atoms with E-state index in [9.17, 15) is 14.7 Å². The van der Waals surface area contributed by atoms with Crippen LogP contribution in [-0.2, 0) is 9.59 Å². The fraction of sp³-hybridized carbons (Fsp3) is 0.636. The van der Waals surface area contributed by atoms with Crippen LogP contribution in [0.15, 0.2) is 18.2 Å². The number of aliphatic hydroxyl groups excluding tert-OH is 1. The lowest BCUT2D eigenvalue weighted by atomic mass is 9.91. The molecule has 0 aliphatic carbocycles. The summed E-state index contributed by atoms with van der Waals surface area (Å²) in [5.41, 5.74) is 3.18. The summed E-state index contributed by atoms with van der Waals surface area (Å²) in [4.78, 5) is 25.4. The molecule has 1 aromatic rings. The van der Waals surface area contributed by atoms with Crippen LogP contribution in [0.3, 0.4) is 0 Å². The molecule has 1 heterocycles. The molecule has 0 bridgehead atoms. The van der Waals surface area contributed by atoms with E-state index in [2.05, 4.69) is 32.2 Å². The summed E-state index contributed by atoms with van der Waals surface area (Å²) in [6.07, 6.45) is 0.873. The molecule has 3 atom stereocenters. The largest absolute Gasteiger partial charge is 0.374 e. The van der Waals surface area contributed by atoms with Crippen LogP contribution in [0.1, 0.15) is 84.8 Å². The van der Waals surface area contributed by atoms with E-state index < -0.39 is 12.3 Å². The van der Waals surface area contributed by atoms with E-state index in [1.54, 1.807) is 11.8 Å². The van der Waals surface area contributed by atoms with E-state index >= 15 is 0 Å². The average Bonchev–Trinajstić information content (AvgIpc) is 2.66. The Balaban J connectivity index is 0.00000158. The zero-order chi connectivity index (χ0) is 21.1. The molecule has 5 heteroatoms. The molecular formula is C22H38N2O3. The van der Waals surface area contributed by atoms with Gasteiger partial charge in [0.25, 0.3) is 0 Å². The van der Waals surface area contributed by atoms with Gasteiger partial charge in [0.05, 0.1) is 0 Å². The molecule has 1 aromatic carbocycles. The summed E-state index contributed by atoms with van der Waals surface area (Å²) in [7, 11) is 0. The molecule has 1 aliphatic heterocycles. The molecule has 1 aliphatic rings. The Labute approximate surface area is 165 Å². The van der Waals surface area contributed by atoms with Gasteiger partial charge in [-0.2, -0.15) is 0 Å². The number of nitrogens with one attached hydrogen (secondary N) is 1. The Morgan fingerprint density at radius 3 is 2.26 bits per heavy atom. The number of amides is 2. The van der Waals surface area contributed by atoms with Crippen molar-refractivity contribution in [3.05, 3.63) is 29.3 Å². The lowest BCUT2D eigenvalue weighted by Crippen LogP contribution is -2.55. The fourth-order valence-electron chi connectivity index (χ4n) is 3.31. The van der Waals surface area contributed by atoms with Crippen LogP contribution in [0, 0.1) is 6.92 Å². The smallest absolute Gasteiger partial charge is 0.249 e. The van der Waals surface area contributed by atoms with Crippen LogP contribution >= 0.6 is 0 Å². The third-order valence-corrected chi connectivity index (χ3v) is 4.63. The highest BCUT2D eigenvalue weighted by atomic mass is 16.3. The number of benzene rings is 1. The van der Waals surface area contributed by atoms with Crippen molar-refractivity contribution in [2.45, 2.75) is 92.8 Å². The Kier molecular flexibility index (Phi) is 11.6. The number of aryl methyl sites for hydroxylation is 1. The Bertz CT molecular complexity index is 599. The highest BCUT2D eigenvalue weighted by Crippen LogP contribution is 2.35. The van der Waals surface area contributed by atoms with Crippen LogP contribution in [0.25, 0.3) is 0 Å². The summed E-state index contributed by atoms with van der Waals surface area (Å²) in [5, 5.41) is 12.7. The summed E-state index contributed by atoms with van der Waals surface area (Å²) >= 11 is 0. The van der Waals surface area contributed by atoms with Crippen molar-refractivity contribution in [2.75, 3.05) is 4.90 Å². The summed E-state index contributed by atoms with van der Waals surface area (Å²) in [6, 6.07) is 5.41. The van der Waals surface area contributed by atoms with Gasteiger partial charge in [0.1, 0.15) is 12.3 Å². The molecule has 2 N–H and O–H groups in total. The Morgan fingerprint density at radius 2 is 1.78 bits per heavy atom. The number of hydrogen-bond acceptors (Lipinski definition) is 4. The van der Waals surface area contributed by atoms with Crippen molar-refractivity contribution in [1.29, 1.82) is 0 Å². The molecule has 27 heavy (non-hydrogen) atoms. The van der Waals surface area contributed by atoms with Crippen molar-refractivity contribution in [1.82, 2.24) is 5.32 Å². The molecule has 2 rings (SSSR count). The topological polar surface area (TPSA) is 69.6 Å². The van der Waals surface area contributed by atoms with Crippen molar-refractivity contribution >= 4 is 17.5 Å². The second-order valence-corrected chi connectivity index (χ2v) is 6.32. The molecule has 5 nitrogen and oxygen atoms in total. The van der Waals surface area contributed by atoms with Gasteiger partial charge in [0, 0.05) is 12.1 Å². The van der Waals surface area contributed by atoms with Gasteiger partial charge >= 0.3 is 0 Å². The van der Waals surface area contributed by atoms with Crippen LogP contribution < -0.4 is 10.2 Å². The second-order valence-electron chi connectivity index (χ2n) is 6.32. The minimum atomic E-state index is -0.816. The summed E-state index contributed by atoms with van der Waals surface area (Å²) < 4.78 is 0. The van der Waals surface area contributed by atoms with Crippen LogP contribution in [0.5, 0.6) is 0 Å². The molecule has 154 valence electrons. The molecule has 2 amide bonds. The van der Waals surface area contributed by atoms with E-state index in [-0.39, 0.29) is 11.8 Å². The predicted molar refractivity (Wildman–Crippen MR) is 113 cm³/mol. The van der Waals surface area contributed by atoms with Gasteiger partial charge < -0.3 is 10.0 Å². The van der Waals surface area contributed by atoms with E-state index in [0.717, 1.165) is 23.2 Å². The maximum Gasteiger partial charge on any atom is 0.249 e. The molecule has 0 radical (unpaired) electrons. The second kappa shape index (κ2) is 12.5. The number of anilines is 1. The molecule has 3 unspecified atom stereocenters. The number of hydrogen-bond donors (Lipinski definition) is 2. The SMILES string of the molecule is CC.CC.CCC(C)c1c(C)cccc1N(C(C)O)C1CCC(=O)NC1=O. The molecule has 0 saturated carbocycles. The summed E-state index contributed by atoms with van der Waals surface area (Å²) in [6.45, 7) is 16.0. The van der Waals surface area contributed by atoms with Gasteiger partial charge in [-0.25, -0.2) is 0 Å². The predicted octanol–water partition coefficient (Wildman–Crippen LogP) is 4.51.